The van der Waals surface area contributed by atoms with Crippen LogP contribution in [0.2, 0.25) is 0 Å². The second kappa shape index (κ2) is 3.89. The molecule has 0 saturated heterocycles. The molecule has 4 heteroatoms. The van der Waals surface area contributed by atoms with Gasteiger partial charge in [0, 0.05) is 15.8 Å². The van der Waals surface area contributed by atoms with E-state index in [0.717, 1.165) is 10.4 Å². The summed E-state index contributed by atoms with van der Waals surface area (Å²) in [5.74, 6) is -0.851. The number of aliphatic carboxylic acids is 1. The first kappa shape index (κ1) is 10.2. The number of carbonyl (C=O) groups is 1. The Balaban J connectivity index is 2.81. The minimum absolute atomic E-state index is 0.00296. The molecule has 1 unspecified atom stereocenters. The first-order valence-corrected chi connectivity index (χ1v) is 4.86. The van der Waals surface area contributed by atoms with Crippen molar-refractivity contribution in [1.82, 2.24) is 0 Å². The molecule has 0 saturated carbocycles. The van der Waals surface area contributed by atoms with Gasteiger partial charge in [-0.15, -0.1) is 11.3 Å². The van der Waals surface area contributed by atoms with Crippen LogP contribution in [0.5, 0.6) is 0 Å². The van der Waals surface area contributed by atoms with Crippen molar-refractivity contribution in [3.05, 3.63) is 21.4 Å². The lowest BCUT2D eigenvalue weighted by Gasteiger charge is -2.07. The molecule has 1 heterocycles. The van der Waals surface area contributed by atoms with Crippen molar-refractivity contribution < 1.29 is 9.90 Å². The first-order valence-electron chi connectivity index (χ1n) is 4.05. The summed E-state index contributed by atoms with van der Waals surface area (Å²) in [4.78, 5) is 12.7. The largest absolute Gasteiger partial charge is 0.481 e. The average Bonchev–Trinajstić information content (AvgIpc) is 2.28. The van der Waals surface area contributed by atoms with E-state index < -0.39 is 5.97 Å². The van der Waals surface area contributed by atoms with E-state index in [1.54, 1.807) is 11.3 Å². The lowest BCUT2D eigenvalue weighted by atomic mass is 10.1. The van der Waals surface area contributed by atoms with E-state index in [4.69, 9.17) is 10.8 Å². The zero-order valence-corrected chi connectivity index (χ0v) is 8.52. The smallest absolute Gasteiger partial charge is 0.305 e. The van der Waals surface area contributed by atoms with Crippen molar-refractivity contribution in [1.29, 1.82) is 0 Å². The van der Waals surface area contributed by atoms with Gasteiger partial charge >= 0.3 is 5.97 Å². The Hall–Kier alpha value is -0.870. The number of aryl methyl sites for hydroxylation is 2. The van der Waals surface area contributed by atoms with Gasteiger partial charge in [0.15, 0.2) is 0 Å². The van der Waals surface area contributed by atoms with Gasteiger partial charge in [-0.25, -0.2) is 0 Å². The standard InChI is InChI=1S/C9H13NO2S/c1-5-3-7(6(2)13-5)8(10)4-9(11)12/h3,8H,4,10H2,1-2H3,(H,11,12). The number of thiophene rings is 1. The molecule has 1 aromatic heterocycles. The minimum Gasteiger partial charge on any atom is -0.481 e. The predicted octanol–water partition coefficient (Wildman–Crippen LogP) is 1.84. The van der Waals surface area contributed by atoms with Gasteiger partial charge in [0.25, 0.3) is 0 Å². The van der Waals surface area contributed by atoms with Crippen molar-refractivity contribution in [2.45, 2.75) is 26.3 Å². The van der Waals surface area contributed by atoms with Crippen LogP contribution in [0, 0.1) is 13.8 Å². The maximum atomic E-state index is 10.4. The van der Waals surface area contributed by atoms with Crippen LogP contribution in [0.1, 0.15) is 27.8 Å². The molecule has 0 amide bonds. The molecule has 0 aromatic carbocycles. The molecule has 13 heavy (non-hydrogen) atoms. The topological polar surface area (TPSA) is 63.3 Å². The van der Waals surface area contributed by atoms with E-state index in [-0.39, 0.29) is 12.5 Å². The lowest BCUT2D eigenvalue weighted by molar-refractivity contribution is -0.137. The fourth-order valence-corrected chi connectivity index (χ4v) is 2.31. The molecule has 72 valence electrons. The molecule has 0 fully saturated rings. The van der Waals surface area contributed by atoms with Gasteiger partial charge in [-0.2, -0.15) is 0 Å². The molecule has 0 aliphatic rings. The maximum Gasteiger partial charge on any atom is 0.305 e. The summed E-state index contributed by atoms with van der Waals surface area (Å²) in [7, 11) is 0. The first-order chi connectivity index (χ1) is 6.00. The predicted molar refractivity (Wildman–Crippen MR) is 53.0 cm³/mol. The lowest BCUT2D eigenvalue weighted by Crippen LogP contribution is -2.14. The number of carboxylic acid groups (broad SMARTS) is 1. The van der Waals surface area contributed by atoms with E-state index >= 15 is 0 Å². The summed E-state index contributed by atoms with van der Waals surface area (Å²) in [5, 5.41) is 8.57. The average molecular weight is 199 g/mol. The molecule has 0 bridgehead atoms. The summed E-state index contributed by atoms with van der Waals surface area (Å²) < 4.78 is 0. The van der Waals surface area contributed by atoms with Gasteiger partial charge in [0.2, 0.25) is 0 Å². The Labute approximate surface area is 81.2 Å². The second-order valence-corrected chi connectivity index (χ2v) is 4.53. The monoisotopic (exact) mass is 199 g/mol. The number of hydrogen-bond donors (Lipinski definition) is 2. The number of carboxylic acids is 1. The molecule has 0 aliphatic heterocycles. The van der Waals surface area contributed by atoms with Crippen molar-refractivity contribution in [3.63, 3.8) is 0 Å². The Bertz CT molecular complexity index is 319. The fourth-order valence-electron chi connectivity index (χ4n) is 1.32. The van der Waals surface area contributed by atoms with Gasteiger partial charge in [-0.1, -0.05) is 0 Å². The van der Waals surface area contributed by atoms with E-state index in [2.05, 4.69) is 0 Å². The van der Waals surface area contributed by atoms with Crippen molar-refractivity contribution >= 4 is 17.3 Å². The Morgan fingerprint density at radius 1 is 1.69 bits per heavy atom. The van der Waals surface area contributed by atoms with Crippen molar-refractivity contribution in [2.24, 2.45) is 5.73 Å². The molecular formula is C9H13NO2S. The summed E-state index contributed by atoms with van der Waals surface area (Å²) >= 11 is 1.65. The molecule has 1 atom stereocenters. The van der Waals surface area contributed by atoms with Crippen LogP contribution in [0.3, 0.4) is 0 Å². The van der Waals surface area contributed by atoms with E-state index in [1.807, 2.05) is 19.9 Å². The highest BCUT2D eigenvalue weighted by molar-refractivity contribution is 7.12. The highest BCUT2D eigenvalue weighted by Crippen LogP contribution is 2.26. The molecule has 1 rings (SSSR count). The van der Waals surface area contributed by atoms with Gasteiger partial charge in [-0.05, 0) is 25.5 Å². The van der Waals surface area contributed by atoms with E-state index in [0.29, 0.717) is 0 Å². The number of rotatable bonds is 3. The van der Waals surface area contributed by atoms with Crippen molar-refractivity contribution in [3.8, 4) is 0 Å². The van der Waals surface area contributed by atoms with Crippen LogP contribution in [0.25, 0.3) is 0 Å². The molecule has 0 spiro atoms. The Kier molecular flexibility index (Phi) is 3.06. The molecule has 3 N–H and O–H groups in total. The number of hydrogen-bond acceptors (Lipinski definition) is 3. The third-order valence-electron chi connectivity index (χ3n) is 1.87. The van der Waals surface area contributed by atoms with Crippen LogP contribution in [-0.4, -0.2) is 11.1 Å². The third kappa shape index (κ3) is 2.54. The van der Waals surface area contributed by atoms with Crippen LogP contribution in [0.15, 0.2) is 6.07 Å². The zero-order chi connectivity index (χ0) is 10.0. The van der Waals surface area contributed by atoms with Gasteiger partial charge < -0.3 is 10.8 Å². The van der Waals surface area contributed by atoms with Crippen molar-refractivity contribution in [2.75, 3.05) is 0 Å². The second-order valence-electron chi connectivity index (χ2n) is 3.07. The summed E-state index contributed by atoms with van der Waals surface area (Å²) in [6, 6.07) is 1.59. The summed E-state index contributed by atoms with van der Waals surface area (Å²) in [5.41, 5.74) is 6.70. The fraction of sp³-hybridized carbons (Fsp3) is 0.444. The summed E-state index contributed by atoms with van der Waals surface area (Å²) in [6.45, 7) is 3.96. The summed E-state index contributed by atoms with van der Waals surface area (Å²) in [6.07, 6.45) is -0.00296. The molecule has 0 radical (unpaired) electrons. The highest BCUT2D eigenvalue weighted by atomic mass is 32.1. The van der Waals surface area contributed by atoms with Crippen LogP contribution < -0.4 is 5.73 Å². The number of nitrogens with two attached hydrogens (primary N) is 1. The van der Waals surface area contributed by atoms with Crippen LogP contribution in [-0.2, 0) is 4.79 Å². The van der Waals surface area contributed by atoms with Gasteiger partial charge in [-0.3, -0.25) is 4.79 Å². The third-order valence-corrected chi connectivity index (χ3v) is 2.86. The molecule has 3 nitrogen and oxygen atoms in total. The highest BCUT2D eigenvalue weighted by Gasteiger charge is 2.14. The quantitative estimate of drug-likeness (QED) is 0.780. The minimum atomic E-state index is -0.851. The molecule has 0 aliphatic carbocycles. The molecule has 1 aromatic rings. The maximum absolute atomic E-state index is 10.4. The Morgan fingerprint density at radius 2 is 2.31 bits per heavy atom. The SMILES string of the molecule is Cc1cc(C(N)CC(=O)O)c(C)s1. The van der Waals surface area contributed by atoms with Crippen LogP contribution >= 0.6 is 11.3 Å². The zero-order valence-electron chi connectivity index (χ0n) is 7.70. The van der Waals surface area contributed by atoms with Gasteiger partial charge in [0.1, 0.15) is 0 Å². The van der Waals surface area contributed by atoms with Crippen LogP contribution in [0.4, 0.5) is 0 Å². The van der Waals surface area contributed by atoms with Gasteiger partial charge in [0.05, 0.1) is 6.42 Å². The Morgan fingerprint density at radius 3 is 2.69 bits per heavy atom. The van der Waals surface area contributed by atoms with E-state index in [1.165, 1.54) is 4.88 Å². The van der Waals surface area contributed by atoms with E-state index in [9.17, 15) is 4.79 Å². The molecular weight excluding hydrogens is 186 g/mol. The normalized spacial score (nSPS) is 12.8.